The van der Waals surface area contributed by atoms with Gasteiger partial charge < -0.3 is 20.1 Å². The van der Waals surface area contributed by atoms with Crippen molar-refractivity contribution < 1.29 is 37.9 Å². The highest BCUT2D eigenvalue weighted by molar-refractivity contribution is 7.47. The van der Waals surface area contributed by atoms with Gasteiger partial charge in [-0.1, -0.05) is 196 Å². The van der Waals surface area contributed by atoms with E-state index >= 15 is 0 Å². The number of amides is 1. The van der Waals surface area contributed by atoms with Crippen LogP contribution in [0.4, 0.5) is 0 Å². The molecule has 0 bridgehead atoms. The van der Waals surface area contributed by atoms with Crippen LogP contribution in [0, 0.1) is 0 Å². The molecule has 0 aliphatic rings. The average molecular weight is 904 g/mol. The van der Waals surface area contributed by atoms with Gasteiger partial charge in [-0.2, -0.15) is 0 Å². The maximum absolute atomic E-state index is 12.2. The summed E-state index contributed by atoms with van der Waals surface area (Å²) in [4.78, 5) is 34.1. The molecule has 1 amide bonds. The first kappa shape index (κ1) is 60.5. The molecule has 0 heterocycles. The van der Waals surface area contributed by atoms with E-state index in [1.807, 2.05) is 0 Å². The number of nitrogens with one attached hydrogen (secondary N) is 1. The van der Waals surface area contributed by atoms with Crippen LogP contribution >= 0.6 is 7.82 Å². The molecule has 0 saturated carbocycles. The lowest BCUT2D eigenvalue weighted by Gasteiger charge is -2.15. The summed E-state index contributed by atoms with van der Waals surface area (Å²) in [6.07, 6.45) is 61.2. The van der Waals surface area contributed by atoms with Crippen LogP contribution in [0.5, 0.6) is 0 Å². The monoisotopic (exact) mass is 904 g/mol. The van der Waals surface area contributed by atoms with E-state index in [1.54, 1.807) is 0 Å². The summed E-state index contributed by atoms with van der Waals surface area (Å²) >= 11 is 0. The van der Waals surface area contributed by atoms with E-state index in [0.29, 0.717) is 6.42 Å². The van der Waals surface area contributed by atoms with Crippen LogP contribution in [-0.4, -0.2) is 54.3 Å². The maximum Gasteiger partial charge on any atom is 0.472 e. The normalized spacial score (nSPS) is 13.8. The van der Waals surface area contributed by atoms with Crippen molar-refractivity contribution in [2.24, 2.45) is 0 Å². The number of allylic oxidation sites excluding steroid dienone is 12. The Hall–Kier alpha value is -2.55. The standard InChI is InChI=1S/C53H94NO8P/c1-3-5-7-9-11-13-15-17-19-21-23-24-25-26-28-29-31-33-35-37-39-41-43-45-52(56)54-47-48-61-63(58,59)62-50-51(55)49-60-53(57)46-44-42-40-38-36-34-32-30-27-22-20-18-16-14-12-10-8-6-4-2/h5,7,11,13,17-20,23-24,26,28,51,55H,3-4,6,8-10,12,14-16,21-22,25,27,29-50H2,1-2H3,(H,54,56)(H,58,59)/b7-5-,13-11-,19-17-,20-18+,24-23-,28-26-. The number of hydrogen-bond donors (Lipinski definition) is 3. The fraction of sp³-hybridized carbons (Fsp3) is 0.736. The molecule has 0 saturated heterocycles. The Kier molecular flexibility index (Phi) is 46.9. The Morgan fingerprint density at radius 3 is 1.38 bits per heavy atom. The number of esters is 1. The van der Waals surface area contributed by atoms with Crippen molar-refractivity contribution >= 4 is 19.7 Å². The van der Waals surface area contributed by atoms with Crippen LogP contribution in [0.25, 0.3) is 0 Å². The smallest absolute Gasteiger partial charge is 0.463 e. The SMILES string of the molecule is CC/C=C\C/C=C\C/C=C\C/C=C\C/C=C\CCCCCCCCCC(=O)NCCOP(=O)(O)OCC(O)COC(=O)CCCCCCCCCCC/C=C/CCCCCCCC. The summed E-state index contributed by atoms with van der Waals surface area (Å²) < 4.78 is 27.0. The minimum absolute atomic E-state index is 0.0717. The molecule has 0 radical (unpaired) electrons. The molecule has 10 heteroatoms. The number of hydrogen-bond acceptors (Lipinski definition) is 7. The third-order valence-corrected chi connectivity index (χ3v) is 11.6. The highest BCUT2D eigenvalue weighted by atomic mass is 31.2. The molecule has 0 aromatic rings. The van der Waals surface area contributed by atoms with E-state index in [1.165, 1.54) is 116 Å². The highest BCUT2D eigenvalue weighted by Crippen LogP contribution is 2.42. The Balaban J connectivity index is 3.60. The fourth-order valence-electron chi connectivity index (χ4n) is 6.81. The summed E-state index contributed by atoms with van der Waals surface area (Å²) in [6, 6.07) is 0. The van der Waals surface area contributed by atoms with Gasteiger partial charge in [0.05, 0.1) is 13.2 Å². The zero-order chi connectivity index (χ0) is 46.0. The van der Waals surface area contributed by atoms with Gasteiger partial charge in [-0.25, -0.2) is 4.57 Å². The summed E-state index contributed by atoms with van der Waals surface area (Å²) in [6.45, 7) is 3.43. The van der Waals surface area contributed by atoms with Crippen molar-refractivity contribution in [3.8, 4) is 0 Å². The van der Waals surface area contributed by atoms with Crippen LogP contribution in [-0.2, 0) is 27.9 Å². The Labute approximate surface area is 386 Å². The first-order valence-electron chi connectivity index (χ1n) is 25.4. The highest BCUT2D eigenvalue weighted by Gasteiger charge is 2.23. The summed E-state index contributed by atoms with van der Waals surface area (Å²) in [5.74, 6) is -0.530. The Morgan fingerprint density at radius 2 is 0.905 bits per heavy atom. The quantitative estimate of drug-likeness (QED) is 0.0238. The number of unbranched alkanes of at least 4 members (excludes halogenated alkanes) is 22. The number of aliphatic hydroxyl groups is 1. The van der Waals surface area contributed by atoms with Crippen molar-refractivity contribution in [2.75, 3.05) is 26.4 Å². The molecular formula is C53H94NO8P. The first-order valence-corrected chi connectivity index (χ1v) is 26.9. The average Bonchev–Trinajstić information content (AvgIpc) is 3.27. The van der Waals surface area contributed by atoms with Crippen LogP contribution in [0.2, 0.25) is 0 Å². The van der Waals surface area contributed by atoms with Crippen LogP contribution in [0.1, 0.15) is 219 Å². The van der Waals surface area contributed by atoms with Crippen molar-refractivity contribution in [1.82, 2.24) is 5.32 Å². The minimum atomic E-state index is -4.43. The number of carbonyl (C=O) groups is 2. The van der Waals surface area contributed by atoms with E-state index in [4.69, 9.17) is 13.8 Å². The van der Waals surface area contributed by atoms with Gasteiger partial charge in [-0.15, -0.1) is 0 Å². The van der Waals surface area contributed by atoms with Gasteiger partial charge in [-0.3, -0.25) is 18.6 Å². The van der Waals surface area contributed by atoms with Gasteiger partial charge in [-0.05, 0) is 83.5 Å². The van der Waals surface area contributed by atoms with Crippen LogP contribution < -0.4 is 5.32 Å². The molecule has 364 valence electrons. The molecule has 2 atom stereocenters. The predicted octanol–water partition coefficient (Wildman–Crippen LogP) is 15.0. The molecule has 0 aromatic carbocycles. The van der Waals surface area contributed by atoms with Gasteiger partial charge in [0.2, 0.25) is 5.91 Å². The molecule has 0 fully saturated rings. The number of rotatable bonds is 47. The molecule has 0 aliphatic carbocycles. The maximum atomic E-state index is 12.2. The lowest BCUT2D eigenvalue weighted by molar-refractivity contribution is -0.147. The molecule has 2 unspecified atom stereocenters. The topological polar surface area (TPSA) is 131 Å². The van der Waals surface area contributed by atoms with Crippen molar-refractivity contribution in [2.45, 2.75) is 225 Å². The molecule has 9 nitrogen and oxygen atoms in total. The second-order valence-corrected chi connectivity index (χ2v) is 18.2. The van der Waals surface area contributed by atoms with E-state index in [2.05, 4.69) is 92.1 Å². The fourth-order valence-corrected chi connectivity index (χ4v) is 7.57. The van der Waals surface area contributed by atoms with E-state index in [0.717, 1.165) is 77.0 Å². The number of carbonyl (C=O) groups excluding carboxylic acids is 2. The van der Waals surface area contributed by atoms with E-state index < -0.39 is 26.5 Å². The summed E-state index contributed by atoms with van der Waals surface area (Å²) in [5.41, 5.74) is 0. The van der Waals surface area contributed by atoms with E-state index in [9.17, 15) is 24.2 Å². The number of phosphoric acid groups is 1. The second-order valence-electron chi connectivity index (χ2n) is 16.8. The number of phosphoric ester groups is 1. The van der Waals surface area contributed by atoms with Crippen LogP contribution in [0.15, 0.2) is 72.9 Å². The van der Waals surface area contributed by atoms with Crippen molar-refractivity contribution in [1.29, 1.82) is 0 Å². The number of aliphatic hydroxyl groups excluding tert-OH is 1. The lowest BCUT2D eigenvalue weighted by atomic mass is 10.1. The molecular weight excluding hydrogens is 810 g/mol. The molecule has 0 aliphatic heterocycles. The summed E-state index contributed by atoms with van der Waals surface area (Å²) in [5, 5.41) is 12.7. The largest absolute Gasteiger partial charge is 0.472 e. The second kappa shape index (κ2) is 48.9. The van der Waals surface area contributed by atoms with Gasteiger partial charge in [0.1, 0.15) is 12.7 Å². The molecule has 0 spiro atoms. The third kappa shape index (κ3) is 50.3. The van der Waals surface area contributed by atoms with Gasteiger partial charge in [0, 0.05) is 19.4 Å². The van der Waals surface area contributed by atoms with E-state index in [-0.39, 0.29) is 32.1 Å². The van der Waals surface area contributed by atoms with Gasteiger partial charge in [0.15, 0.2) is 0 Å². The molecule has 63 heavy (non-hydrogen) atoms. The Bertz CT molecular complexity index is 1260. The zero-order valence-electron chi connectivity index (χ0n) is 40.3. The van der Waals surface area contributed by atoms with Crippen molar-refractivity contribution in [3.05, 3.63) is 72.9 Å². The predicted molar refractivity (Wildman–Crippen MR) is 266 cm³/mol. The molecule has 0 aromatic heterocycles. The van der Waals surface area contributed by atoms with Gasteiger partial charge in [0.25, 0.3) is 0 Å². The Morgan fingerprint density at radius 1 is 0.508 bits per heavy atom. The molecule has 3 N–H and O–H groups in total. The number of ether oxygens (including phenoxy) is 1. The minimum Gasteiger partial charge on any atom is -0.463 e. The lowest BCUT2D eigenvalue weighted by Crippen LogP contribution is -2.27. The van der Waals surface area contributed by atoms with Gasteiger partial charge >= 0.3 is 13.8 Å². The zero-order valence-corrected chi connectivity index (χ0v) is 41.1. The third-order valence-electron chi connectivity index (χ3n) is 10.6. The summed E-state index contributed by atoms with van der Waals surface area (Å²) in [7, 11) is -4.43. The van der Waals surface area contributed by atoms with Crippen molar-refractivity contribution in [3.63, 3.8) is 0 Å². The molecule has 0 rings (SSSR count). The van der Waals surface area contributed by atoms with Crippen LogP contribution in [0.3, 0.4) is 0 Å². The first-order chi connectivity index (χ1) is 30.8.